The van der Waals surface area contributed by atoms with Gasteiger partial charge in [0, 0.05) is 17.8 Å². The Kier molecular flexibility index (Phi) is 4.37. The molecule has 3 nitrogen and oxygen atoms in total. The van der Waals surface area contributed by atoms with Crippen LogP contribution in [0.1, 0.15) is 43.4 Å². The first-order valence-electron chi connectivity index (χ1n) is 6.81. The first-order valence-corrected chi connectivity index (χ1v) is 6.81. The van der Waals surface area contributed by atoms with Crippen molar-refractivity contribution >= 4 is 0 Å². The van der Waals surface area contributed by atoms with Crippen molar-refractivity contribution in [2.45, 2.75) is 33.1 Å². The lowest BCUT2D eigenvalue weighted by atomic mass is 9.95. The Hall–Kier alpha value is -2.34. The maximum atomic E-state index is 8.77. The van der Waals surface area contributed by atoms with Crippen LogP contribution in [0.2, 0.25) is 0 Å². The van der Waals surface area contributed by atoms with Crippen LogP contribution in [0.5, 0.6) is 11.6 Å². The molecule has 3 heteroatoms. The largest absolute Gasteiger partial charge is 0.439 e. The predicted octanol–water partition coefficient (Wildman–Crippen LogP) is 4.43. The van der Waals surface area contributed by atoms with Crippen molar-refractivity contribution in [3.05, 3.63) is 53.2 Å². The highest BCUT2D eigenvalue weighted by atomic mass is 16.5. The third kappa shape index (κ3) is 2.97. The van der Waals surface area contributed by atoms with Crippen molar-refractivity contribution < 1.29 is 4.74 Å². The Bertz CT molecular complexity index is 624. The molecule has 20 heavy (non-hydrogen) atoms. The second-order valence-corrected chi connectivity index (χ2v) is 4.94. The van der Waals surface area contributed by atoms with Crippen LogP contribution in [0, 0.1) is 11.3 Å². The minimum Gasteiger partial charge on any atom is -0.439 e. The normalized spacial score (nSPS) is 10.3. The number of ether oxygens (including phenoxy) is 1. The highest BCUT2D eigenvalue weighted by Crippen LogP contribution is 2.32. The number of nitrogens with zero attached hydrogens (tertiary/aromatic N) is 2. The van der Waals surface area contributed by atoms with Crippen LogP contribution >= 0.6 is 0 Å². The van der Waals surface area contributed by atoms with E-state index in [9.17, 15) is 0 Å². The van der Waals surface area contributed by atoms with Gasteiger partial charge >= 0.3 is 0 Å². The van der Waals surface area contributed by atoms with Gasteiger partial charge in [-0.3, -0.25) is 0 Å². The van der Waals surface area contributed by atoms with E-state index in [0.29, 0.717) is 17.4 Å². The maximum Gasteiger partial charge on any atom is 0.219 e. The molecule has 0 amide bonds. The number of rotatable bonds is 4. The molecule has 2 rings (SSSR count). The lowest BCUT2D eigenvalue weighted by Crippen LogP contribution is -2.00. The standard InChI is InChI=1S/C17H18N2O/c1-4-14-6-5-7-15(17(14)12(2)3)20-16-9-8-13(10-18)11-19-16/h5-9,11-12H,4H2,1-3H3. The van der Waals surface area contributed by atoms with E-state index in [2.05, 4.69) is 31.8 Å². The average Bonchev–Trinajstić information content (AvgIpc) is 2.47. The van der Waals surface area contributed by atoms with Crippen molar-refractivity contribution in [3.8, 4) is 17.7 Å². The second-order valence-electron chi connectivity index (χ2n) is 4.94. The van der Waals surface area contributed by atoms with E-state index in [1.165, 1.54) is 17.3 Å². The Labute approximate surface area is 119 Å². The number of aryl methyl sites for hydroxylation is 1. The van der Waals surface area contributed by atoms with E-state index in [1.54, 1.807) is 12.1 Å². The summed E-state index contributed by atoms with van der Waals surface area (Å²) in [6, 6.07) is 11.6. The summed E-state index contributed by atoms with van der Waals surface area (Å²) in [4.78, 5) is 4.16. The summed E-state index contributed by atoms with van der Waals surface area (Å²) >= 11 is 0. The fraction of sp³-hybridized carbons (Fsp3) is 0.294. The molecule has 0 saturated carbocycles. The number of aromatic nitrogens is 1. The number of hydrogen-bond donors (Lipinski definition) is 0. The molecule has 0 atom stereocenters. The molecular formula is C17H18N2O. The Morgan fingerprint density at radius 1 is 1.25 bits per heavy atom. The van der Waals surface area contributed by atoms with E-state index < -0.39 is 0 Å². The number of nitriles is 1. The monoisotopic (exact) mass is 266 g/mol. The van der Waals surface area contributed by atoms with E-state index in [1.807, 2.05) is 18.2 Å². The summed E-state index contributed by atoms with van der Waals surface area (Å²) in [7, 11) is 0. The quantitative estimate of drug-likeness (QED) is 0.822. The van der Waals surface area contributed by atoms with Gasteiger partial charge in [-0.05, 0) is 30.0 Å². The lowest BCUT2D eigenvalue weighted by Gasteiger charge is -2.17. The molecule has 0 aliphatic rings. The summed E-state index contributed by atoms with van der Waals surface area (Å²) in [6.07, 6.45) is 2.50. The van der Waals surface area contributed by atoms with Gasteiger partial charge in [-0.2, -0.15) is 5.26 Å². The minimum absolute atomic E-state index is 0.388. The van der Waals surface area contributed by atoms with Crippen LogP contribution in [-0.4, -0.2) is 4.98 Å². The summed E-state index contributed by atoms with van der Waals surface area (Å²) in [5.74, 6) is 1.75. The van der Waals surface area contributed by atoms with Crippen molar-refractivity contribution in [1.29, 1.82) is 5.26 Å². The zero-order chi connectivity index (χ0) is 14.5. The predicted molar refractivity (Wildman–Crippen MR) is 78.9 cm³/mol. The number of benzene rings is 1. The van der Waals surface area contributed by atoms with E-state index in [4.69, 9.17) is 10.00 Å². The molecule has 0 N–H and O–H groups in total. The van der Waals surface area contributed by atoms with E-state index in [0.717, 1.165) is 12.2 Å². The van der Waals surface area contributed by atoms with Crippen LogP contribution in [-0.2, 0) is 6.42 Å². The molecule has 0 saturated heterocycles. The van der Waals surface area contributed by atoms with Gasteiger partial charge in [0.15, 0.2) is 0 Å². The van der Waals surface area contributed by atoms with Crippen molar-refractivity contribution in [2.24, 2.45) is 0 Å². The van der Waals surface area contributed by atoms with Crippen molar-refractivity contribution in [3.63, 3.8) is 0 Å². The molecular weight excluding hydrogens is 248 g/mol. The Balaban J connectivity index is 2.35. The van der Waals surface area contributed by atoms with Gasteiger partial charge in [0.1, 0.15) is 11.8 Å². The Morgan fingerprint density at radius 3 is 2.60 bits per heavy atom. The highest BCUT2D eigenvalue weighted by molar-refractivity contribution is 5.44. The molecule has 0 aliphatic carbocycles. The molecule has 0 fully saturated rings. The third-order valence-electron chi connectivity index (χ3n) is 3.19. The Morgan fingerprint density at radius 2 is 2.05 bits per heavy atom. The van der Waals surface area contributed by atoms with Crippen LogP contribution in [0.15, 0.2) is 36.5 Å². The van der Waals surface area contributed by atoms with Gasteiger partial charge < -0.3 is 4.74 Å². The zero-order valence-corrected chi connectivity index (χ0v) is 12.1. The topological polar surface area (TPSA) is 45.9 Å². The molecule has 0 spiro atoms. The summed E-state index contributed by atoms with van der Waals surface area (Å²) in [5.41, 5.74) is 3.05. The molecule has 0 unspecified atom stereocenters. The van der Waals surface area contributed by atoms with Crippen molar-refractivity contribution in [1.82, 2.24) is 4.98 Å². The average molecular weight is 266 g/mol. The first kappa shape index (κ1) is 14.1. The molecule has 102 valence electrons. The third-order valence-corrected chi connectivity index (χ3v) is 3.19. The molecule has 0 radical (unpaired) electrons. The van der Waals surface area contributed by atoms with Crippen molar-refractivity contribution in [2.75, 3.05) is 0 Å². The zero-order valence-electron chi connectivity index (χ0n) is 12.1. The summed E-state index contributed by atoms with van der Waals surface area (Å²) < 4.78 is 5.89. The van der Waals surface area contributed by atoms with Crippen LogP contribution in [0.4, 0.5) is 0 Å². The minimum atomic E-state index is 0.388. The van der Waals surface area contributed by atoms with Gasteiger partial charge in [-0.1, -0.05) is 32.9 Å². The van der Waals surface area contributed by atoms with Crippen LogP contribution < -0.4 is 4.74 Å². The van der Waals surface area contributed by atoms with Gasteiger partial charge in [0.05, 0.1) is 5.56 Å². The van der Waals surface area contributed by atoms with Gasteiger partial charge in [-0.25, -0.2) is 4.98 Å². The van der Waals surface area contributed by atoms with Gasteiger partial charge in [0.25, 0.3) is 0 Å². The smallest absolute Gasteiger partial charge is 0.219 e. The lowest BCUT2D eigenvalue weighted by molar-refractivity contribution is 0.453. The summed E-state index contributed by atoms with van der Waals surface area (Å²) in [5, 5.41) is 8.77. The first-order chi connectivity index (χ1) is 9.65. The second kappa shape index (κ2) is 6.21. The highest BCUT2D eigenvalue weighted by Gasteiger charge is 2.13. The summed E-state index contributed by atoms with van der Waals surface area (Å²) in [6.45, 7) is 6.46. The van der Waals surface area contributed by atoms with Crippen LogP contribution in [0.3, 0.4) is 0 Å². The SMILES string of the molecule is CCc1cccc(Oc2ccc(C#N)cn2)c1C(C)C. The van der Waals surface area contributed by atoms with E-state index in [-0.39, 0.29) is 0 Å². The maximum absolute atomic E-state index is 8.77. The van der Waals surface area contributed by atoms with E-state index >= 15 is 0 Å². The van der Waals surface area contributed by atoms with Crippen LogP contribution in [0.25, 0.3) is 0 Å². The van der Waals surface area contributed by atoms with Gasteiger partial charge in [-0.15, -0.1) is 0 Å². The number of pyridine rings is 1. The number of hydrogen-bond acceptors (Lipinski definition) is 3. The van der Waals surface area contributed by atoms with Gasteiger partial charge in [0.2, 0.25) is 5.88 Å². The molecule has 0 bridgehead atoms. The molecule has 2 aromatic rings. The molecule has 1 aromatic carbocycles. The molecule has 0 aliphatic heterocycles. The molecule has 1 aromatic heterocycles. The fourth-order valence-electron chi connectivity index (χ4n) is 2.26. The molecule has 1 heterocycles. The fourth-order valence-corrected chi connectivity index (χ4v) is 2.26.